The van der Waals surface area contributed by atoms with Crippen molar-refractivity contribution in [3.05, 3.63) is 0 Å². The third kappa shape index (κ3) is 3.36. The molecule has 3 rings (SSSR count). The summed E-state index contributed by atoms with van der Waals surface area (Å²) >= 11 is 0. The minimum atomic E-state index is 0.680. The van der Waals surface area contributed by atoms with Gasteiger partial charge in [-0.05, 0) is 38.0 Å². The smallest absolute Gasteiger partial charge is 0.231 e. The third-order valence-corrected chi connectivity index (χ3v) is 4.54. The zero-order valence-corrected chi connectivity index (χ0v) is 13.2. The maximum Gasteiger partial charge on any atom is 0.231 e. The molecule has 2 saturated heterocycles. The van der Waals surface area contributed by atoms with E-state index >= 15 is 0 Å². The van der Waals surface area contributed by atoms with E-state index in [-0.39, 0.29) is 0 Å². The van der Waals surface area contributed by atoms with Gasteiger partial charge in [-0.1, -0.05) is 6.92 Å². The molecular weight excluding hydrogens is 264 g/mol. The molecule has 6 nitrogen and oxygen atoms in total. The number of rotatable bonds is 3. The highest BCUT2D eigenvalue weighted by Crippen LogP contribution is 2.23. The molecule has 1 N–H and O–H groups in total. The van der Waals surface area contributed by atoms with Crippen molar-refractivity contribution in [2.75, 3.05) is 48.3 Å². The highest BCUT2D eigenvalue weighted by Gasteiger charge is 2.21. The molecule has 3 heterocycles. The minimum Gasteiger partial charge on any atom is -0.357 e. The number of hydrogen-bond acceptors (Lipinski definition) is 6. The van der Waals surface area contributed by atoms with Crippen LogP contribution in [0.25, 0.3) is 0 Å². The molecule has 0 amide bonds. The lowest BCUT2D eigenvalue weighted by Crippen LogP contribution is -2.36. The molecule has 0 bridgehead atoms. The summed E-state index contributed by atoms with van der Waals surface area (Å²) in [4.78, 5) is 18.5. The normalized spacial score (nSPS) is 20.7. The van der Waals surface area contributed by atoms with Gasteiger partial charge in [0.2, 0.25) is 17.8 Å². The summed E-state index contributed by atoms with van der Waals surface area (Å²) in [5, 5.41) is 3.08. The van der Waals surface area contributed by atoms with Crippen LogP contribution in [0.15, 0.2) is 0 Å². The molecule has 0 aliphatic carbocycles. The fraction of sp³-hybridized carbons (Fsp3) is 0.800. The Hall–Kier alpha value is -1.59. The van der Waals surface area contributed by atoms with E-state index in [1.807, 2.05) is 7.05 Å². The molecular formula is C15H26N6. The van der Waals surface area contributed by atoms with Crippen LogP contribution < -0.4 is 15.1 Å². The number of nitrogens with one attached hydrogen (secondary N) is 1. The van der Waals surface area contributed by atoms with Crippen LogP contribution in [0.2, 0.25) is 0 Å². The monoisotopic (exact) mass is 290 g/mol. The second kappa shape index (κ2) is 6.45. The zero-order valence-electron chi connectivity index (χ0n) is 13.2. The molecule has 21 heavy (non-hydrogen) atoms. The van der Waals surface area contributed by atoms with E-state index in [9.17, 15) is 0 Å². The molecule has 0 unspecified atom stereocenters. The standard InChI is InChI=1S/C15H26N6/c1-12-6-10-21(11-7-12)15-18-13(16-2)17-14(19-15)20-8-4-3-5-9-20/h12H,3-11H2,1-2H3,(H,16,17,18,19). The van der Waals surface area contributed by atoms with Crippen molar-refractivity contribution in [2.45, 2.75) is 39.0 Å². The van der Waals surface area contributed by atoms with Crippen molar-refractivity contribution < 1.29 is 0 Å². The lowest BCUT2D eigenvalue weighted by Gasteiger charge is -2.32. The average Bonchev–Trinajstić information content (AvgIpc) is 2.56. The van der Waals surface area contributed by atoms with Gasteiger partial charge in [-0.15, -0.1) is 0 Å². The number of aromatic nitrogens is 3. The zero-order chi connectivity index (χ0) is 14.7. The largest absolute Gasteiger partial charge is 0.357 e. The van der Waals surface area contributed by atoms with Crippen molar-refractivity contribution in [3.8, 4) is 0 Å². The molecule has 2 aliphatic rings. The van der Waals surface area contributed by atoms with E-state index in [4.69, 9.17) is 4.98 Å². The van der Waals surface area contributed by atoms with Gasteiger partial charge in [0, 0.05) is 33.2 Å². The number of anilines is 3. The highest BCUT2D eigenvalue weighted by molar-refractivity contribution is 5.45. The van der Waals surface area contributed by atoms with Gasteiger partial charge in [0.1, 0.15) is 0 Å². The predicted octanol–water partition coefficient (Wildman–Crippen LogP) is 2.14. The lowest BCUT2D eigenvalue weighted by molar-refractivity contribution is 0.434. The van der Waals surface area contributed by atoms with Crippen LogP contribution in [0.1, 0.15) is 39.0 Å². The Morgan fingerprint density at radius 1 is 0.857 bits per heavy atom. The Balaban J connectivity index is 1.82. The van der Waals surface area contributed by atoms with Gasteiger partial charge in [0.25, 0.3) is 0 Å². The second-order valence-corrected chi connectivity index (χ2v) is 6.23. The van der Waals surface area contributed by atoms with Gasteiger partial charge in [0.05, 0.1) is 0 Å². The number of nitrogens with zero attached hydrogens (tertiary/aromatic N) is 5. The van der Waals surface area contributed by atoms with Gasteiger partial charge in [0.15, 0.2) is 0 Å². The molecule has 6 heteroatoms. The van der Waals surface area contributed by atoms with E-state index in [0.717, 1.165) is 44.0 Å². The summed E-state index contributed by atoms with van der Waals surface area (Å²) in [6, 6.07) is 0. The number of piperidine rings is 2. The van der Waals surface area contributed by atoms with E-state index in [1.54, 1.807) is 0 Å². The molecule has 2 aliphatic heterocycles. The first kappa shape index (κ1) is 14.4. The van der Waals surface area contributed by atoms with Crippen LogP contribution >= 0.6 is 0 Å². The fourth-order valence-electron chi connectivity index (χ4n) is 3.05. The summed E-state index contributed by atoms with van der Waals surface area (Å²) in [6.45, 7) is 6.54. The maximum absolute atomic E-state index is 4.74. The van der Waals surface area contributed by atoms with Gasteiger partial charge in [-0.2, -0.15) is 15.0 Å². The summed E-state index contributed by atoms with van der Waals surface area (Å²) in [5.74, 6) is 3.16. The van der Waals surface area contributed by atoms with Crippen LogP contribution in [0.4, 0.5) is 17.8 Å². The first-order valence-electron chi connectivity index (χ1n) is 8.20. The van der Waals surface area contributed by atoms with Gasteiger partial charge < -0.3 is 15.1 Å². The molecule has 1 aromatic heterocycles. The Labute approximate surface area is 127 Å². The summed E-state index contributed by atoms with van der Waals surface area (Å²) in [6.07, 6.45) is 6.23. The first-order chi connectivity index (χ1) is 10.3. The Bertz CT molecular complexity index is 463. The van der Waals surface area contributed by atoms with Crippen LogP contribution in [-0.2, 0) is 0 Å². The van der Waals surface area contributed by atoms with Crippen molar-refractivity contribution in [3.63, 3.8) is 0 Å². The quantitative estimate of drug-likeness (QED) is 0.920. The second-order valence-electron chi connectivity index (χ2n) is 6.23. The molecule has 0 saturated carbocycles. The van der Waals surface area contributed by atoms with Crippen LogP contribution in [0.3, 0.4) is 0 Å². The molecule has 0 radical (unpaired) electrons. The molecule has 0 aromatic carbocycles. The van der Waals surface area contributed by atoms with E-state index in [2.05, 4.69) is 32.0 Å². The summed E-state index contributed by atoms with van der Waals surface area (Å²) < 4.78 is 0. The van der Waals surface area contributed by atoms with E-state index < -0.39 is 0 Å². The molecule has 116 valence electrons. The Morgan fingerprint density at radius 2 is 1.43 bits per heavy atom. The van der Waals surface area contributed by atoms with Gasteiger partial charge >= 0.3 is 0 Å². The topological polar surface area (TPSA) is 57.2 Å². The summed E-state index contributed by atoms with van der Waals surface area (Å²) in [5.41, 5.74) is 0. The fourth-order valence-corrected chi connectivity index (χ4v) is 3.05. The maximum atomic E-state index is 4.74. The lowest BCUT2D eigenvalue weighted by atomic mass is 10.00. The van der Waals surface area contributed by atoms with Crippen molar-refractivity contribution >= 4 is 17.8 Å². The highest BCUT2D eigenvalue weighted by atomic mass is 15.4. The van der Waals surface area contributed by atoms with Crippen LogP contribution in [-0.4, -0.2) is 48.2 Å². The van der Waals surface area contributed by atoms with Crippen molar-refractivity contribution in [2.24, 2.45) is 5.92 Å². The Morgan fingerprint density at radius 3 is 2.00 bits per heavy atom. The van der Waals surface area contributed by atoms with Crippen molar-refractivity contribution in [1.82, 2.24) is 15.0 Å². The average molecular weight is 290 g/mol. The van der Waals surface area contributed by atoms with Crippen molar-refractivity contribution in [1.29, 1.82) is 0 Å². The first-order valence-corrected chi connectivity index (χ1v) is 8.20. The SMILES string of the molecule is CNc1nc(N2CCCCC2)nc(N2CCC(C)CC2)n1. The van der Waals surface area contributed by atoms with Crippen LogP contribution in [0, 0.1) is 5.92 Å². The molecule has 0 spiro atoms. The van der Waals surface area contributed by atoms with Gasteiger partial charge in [-0.3, -0.25) is 0 Å². The van der Waals surface area contributed by atoms with E-state index in [1.165, 1.54) is 32.1 Å². The predicted molar refractivity (Wildman–Crippen MR) is 86.0 cm³/mol. The van der Waals surface area contributed by atoms with Gasteiger partial charge in [-0.25, -0.2) is 0 Å². The Kier molecular flexibility index (Phi) is 4.41. The summed E-state index contributed by atoms with van der Waals surface area (Å²) in [7, 11) is 1.87. The molecule has 2 fully saturated rings. The van der Waals surface area contributed by atoms with Crippen LogP contribution in [0.5, 0.6) is 0 Å². The molecule has 1 aromatic rings. The minimum absolute atomic E-state index is 0.680. The number of hydrogen-bond donors (Lipinski definition) is 1. The third-order valence-electron chi connectivity index (χ3n) is 4.54. The molecule has 0 atom stereocenters. The van der Waals surface area contributed by atoms with E-state index in [0.29, 0.717) is 5.95 Å².